The minimum atomic E-state index is -0.416. The van der Waals surface area contributed by atoms with Gasteiger partial charge < -0.3 is 14.8 Å². The molecule has 7 heteroatoms. The van der Waals surface area contributed by atoms with Crippen LogP contribution in [-0.2, 0) is 9.59 Å². The number of hydrogen-bond acceptors (Lipinski definition) is 6. The van der Waals surface area contributed by atoms with Gasteiger partial charge in [-0.05, 0) is 67.3 Å². The zero-order valence-electron chi connectivity index (χ0n) is 17.5. The number of ether oxygens (including phenoxy) is 2. The van der Waals surface area contributed by atoms with Crippen LogP contribution in [0.3, 0.4) is 0 Å². The molecule has 0 aliphatic carbocycles. The summed E-state index contributed by atoms with van der Waals surface area (Å²) in [6.07, 6.45) is 0. The summed E-state index contributed by atoms with van der Waals surface area (Å²) < 4.78 is 10.9. The molecule has 2 aromatic carbocycles. The first-order valence-corrected chi connectivity index (χ1v) is 10.7. The maximum Gasteiger partial charge on any atom is 0.282 e. The predicted octanol–water partition coefficient (Wildman–Crippen LogP) is 4.86. The number of thiophene rings is 1. The highest BCUT2D eigenvalue weighted by molar-refractivity contribution is 7.11. The SMILES string of the molecule is CCOc1ccc(N2C(=O)C(Nc3cc(C)ccc3OC)=C(c3cccs3)C2=O)cc1. The second kappa shape index (κ2) is 8.65. The number of nitrogens with one attached hydrogen (secondary N) is 1. The Kier molecular flexibility index (Phi) is 5.77. The number of carbonyl (C=O) groups excluding carboxylic acids is 2. The molecule has 0 bridgehead atoms. The number of amides is 2. The van der Waals surface area contributed by atoms with Crippen LogP contribution in [0.4, 0.5) is 11.4 Å². The lowest BCUT2D eigenvalue weighted by molar-refractivity contribution is -0.120. The summed E-state index contributed by atoms with van der Waals surface area (Å²) >= 11 is 1.41. The van der Waals surface area contributed by atoms with Gasteiger partial charge in [0.05, 0.1) is 30.7 Å². The predicted molar refractivity (Wildman–Crippen MR) is 123 cm³/mol. The quantitative estimate of drug-likeness (QED) is 0.538. The maximum atomic E-state index is 13.4. The van der Waals surface area contributed by atoms with Gasteiger partial charge in [0.1, 0.15) is 17.2 Å². The van der Waals surface area contributed by atoms with Crippen molar-refractivity contribution in [2.75, 3.05) is 23.9 Å². The molecule has 0 fully saturated rings. The summed E-state index contributed by atoms with van der Waals surface area (Å²) in [5.41, 5.74) is 2.69. The fraction of sp³-hybridized carbons (Fsp3) is 0.167. The molecule has 1 aromatic heterocycles. The highest BCUT2D eigenvalue weighted by Gasteiger charge is 2.41. The van der Waals surface area contributed by atoms with E-state index in [1.54, 1.807) is 31.4 Å². The highest BCUT2D eigenvalue weighted by Crippen LogP contribution is 2.37. The topological polar surface area (TPSA) is 67.9 Å². The van der Waals surface area contributed by atoms with E-state index >= 15 is 0 Å². The zero-order valence-corrected chi connectivity index (χ0v) is 18.3. The zero-order chi connectivity index (χ0) is 22.0. The Bertz CT molecular complexity index is 1150. The van der Waals surface area contributed by atoms with Gasteiger partial charge in [-0.2, -0.15) is 0 Å². The fourth-order valence-electron chi connectivity index (χ4n) is 3.44. The molecule has 4 rings (SSSR count). The molecule has 158 valence electrons. The number of imide groups is 1. The summed E-state index contributed by atoms with van der Waals surface area (Å²) in [6.45, 7) is 4.39. The molecular weight excluding hydrogens is 412 g/mol. The van der Waals surface area contributed by atoms with Crippen LogP contribution in [0, 0.1) is 6.92 Å². The van der Waals surface area contributed by atoms with Crippen LogP contribution in [0.5, 0.6) is 11.5 Å². The Labute approximate surface area is 184 Å². The van der Waals surface area contributed by atoms with Gasteiger partial charge in [-0.3, -0.25) is 9.59 Å². The molecule has 1 aliphatic heterocycles. The van der Waals surface area contributed by atoms with Gasteiger partial charge in [-0.25, -0.2) is 4.90 Å². The van der Waals surface area contributed by atoms with Crippen LogP contribution in [0.2, 0.25) is 0 Å². The van der Waals surface area contributed by atoms with E-state index in [1.165, 1.54) is 16.2 Å². The van der Waals surface area contributed by atoms with E-state index in [4.69, 9.17) is 9.47 Å². The Morgan fingerprint density at radius 3 is 2.45 bits per heavy atom. The van der Waals surface area contributed by atoms with Crippen molar-refractivity contribution in [1.82, 2.24) is 0 Å². The molecular formula is C24H22N2O4S. The van der Waals surface area contributed by atoms with Crippen molar-refractivity contribution in [1.29, 1.82) is 0 Å². The second-order valence-electron chi connectivity index (χ2n) is 6.93. The first-order chi connectivity index (χ1) is 15.0. The normalized spacial score (nSPS) is 13.7. The number of benzene rings is 2. The van der Waals surface area contributed by atoms with Crippen molar-refractivity contribution in [2.24, 2.45) is 0 Å². The Morgan fingerprint density at radius 1 is 1.03 bits per heavy atom. The van der Waals surface area contributed by atoms with E-state index < -0.39 is 5.91 Å². The molecule has 0 radical (unpaired) electrons. The van der Waals surface area contributed by atoms with E-state index in [-0.39, 0.29) is 11.6 Å². The summed E-state index contributed by atoms with van der Waals surface area (Å²) in [5.74, 6) is 0.481. The van der Waals surface area contributed by atoms with E-state index in [9.17, 15) is 9.59 Å². The number of nitrogens with zero attached hydrogens (tertiary/aromatic N) is 1. The van der Waals surface area contributed by atoms with Crippen LogP contribution in [0.25, 0.3) is 5.57 Å². The van der Waals surface area contributed by atoms with Crippen LogP contribution >= 0.6 is 11.3 Å². The number of rotatable bonds is 7. The van der Waals surface area contributed by atoms with Crippen LogP contribution < -0.4 is 19.7 Å². The Morgan fingerprint density at radius 2 is 1.81 bits per heavy atom. The largest absolute Gasteiger partial charge is 0.495 e. The number of methoxy groups -OCH3 is 1. The number of carbonyl (C=O) groups is 2. The molecule has 31 heavy (non-hydrogen) atoms. The smallest absolute Gasteiger partial charge is 0.282 e. The number of aryl methyl sites for hydroxylation is 1. The Hall–Kier alpha value is -3.58. The van der Waals surface area contributed by atoms with E-state index in [1.807, 2.05) is 49.6 Å². The molecule has 2 heterocycles. The van der Waals surface area contributed by atoms with Gasteiger partial charge in [0, 0.05) is 4.88 Å². The molecule has 0 spiro atoms. The first-order valence-electron chi connectivity index (χ1n) is 9.85. The molecule has 0 unspecified atom stereocenters. The molecule has 2 amide bonds. The molecule has 0 atom stereocenters. The van der Waals surface area contributed by atoms with E-state index in [0.29, 0.717) is 35.1 Å². The van der Waals surface area contributed by atoms with Crippen LogP contribution in [0.1, 0.15) is 17.4 Å². The standard InChI is InChI=1S/C24H22N2O4S/c1-4-30-17-10-8-16(9-11-17)26-23(27)21(20-6-5-13-31-20)22(24(26)28)25-18-14-15(2)7-12-19(18)29-3/h5-14,25H,4H2,1-3H3. The third kappa shape index (κ3) is 3.92. The van der Waals surface area contributed by atoms with Gasteiger partial charge in [0.25, 0.3) is 11.8 Å². The van der Waals surface area contributed by atoms with Crippen molar-refractivity contribution in [3.05, 3.63) is 76.1 Å². The molecule has 0 saturated carbocycles. The molecule has 1 aliphatic rings. The lowest BCUT2D eigenvalue weighted by Crippen LogP contribution is -2.32. The van der Waals surface area contributed by atoms with Crippen molar-refractivity contribution in [2.45, 2.75) is 13.8 Å². The van der Waals surface area contributed by atoms with Crippen molar-refractivity contribution < 1.29 is 19.1 Å². The van der Waals surface area contributed by atoms with Gasteiger partial charge in [0.15, 0.2) is 0 Å². The average Bonchev–Trinajstić information content (AvgIpc) is 3.36. The number of hydrogen-bond donors (Lipinski definition) is 1. The molecule has 0 saturated heterocycles. The Balaban J connectivity index is 1.76. The van der Waals surface area contributed by atoms with Crippen LogP contribution in [-0.4, -0.2) is 25.5 Å². The molecule has 6 nitrogen and oxygen atoms in total. The lowest BCUT2D eigenvalue weighted by atomic mass is 10.1. The summed E-state index contributed by atoms with van der Waals surface area (Å²) in [5, 5.41) is 5.06. The first kappa shape index (κ1) is 20.7. The fourth-order valence-corrected chi connectivity index (χ4v) is 4.21. The van der Waals surface area contributed by atoms with Crippen LogP contribution in [0.15, 0.2) is 65.7 Å². The van der Waals surface area contributed by atoms with E-state index in [0.717, 1.165) is 10.4 Å². The van der Waals surface area contributed by atoms with Crippen molar-refractivity contribution in [3.8, 4) is 11.5 Å². The summed E-state index contributed by atoms with van der Waals surface area (Å²) in [7, 11) is 1.57. The maximum absolute atomic E-state index is 13.4. The third-order valence-corrected chi connectivity index (χ3v) is 5.76. The van der Waals surface area contributed by atoms with Gasteiger partial charge in [-0.15, -0.1) is 11.3 Å². The number of anilines is 2. The summed E-state index contributed by atoms with van der Waals surface area (Å²) in [4.78, 5) is 28.8. The van der Waals surface area contributed by atoms with Gasteiger partial charge >= 0.3 is 0 Å². The monoisotopic (exact) mass is 434 g/mol. The summed E-state index contributed by atoms with van der Waals surface area (Å²) in [6, 6.07) is 16.2. The third-order valence-electron chi connectivity index (χ3n) is 4.87. The minimum absolute atomic E-state index is 0.227. The van der Waals surface area contributed by atoms with Crippen molar-refractivity contribution >= 4 is 40.1 Å². The second-order valence-corrected chi connectivity index (χ2v) is 7.88. The molecule has 1 N–H and O–H groups in total. The average molecular weight is 435 g/mol. The van der Waals surface area contributed by atoms with Gasteiger partial charge in [0.2, 0.25) is 0 Å². The van der Waals surface area contributed by atoms with Gasteiger partial charge in [-0.1, -0.05) is 12.1 Å². The lowest BCUT2D eigenvalue weighted by Gasteiger charge is -2.16. The van der Waals surface area contributed by atoms with Crippen molar-refractivity contribution in [3.63, 3.8) is 0 Å². The van der Waals surface area contributed by atoms with E-state index in [2.05, 4.69) is 5.32 Å². The molecule has 3 aromatic rings. The minimum Gasteiger partial charge on any atom is -0.495 e. The highest BCUT2D eigenvalue weighted by atomic mass is 32.1.